The van der Waals surface area contributed by atoms with E-state index in [1.54, 1.807) is 0 Å². The molecule has 0 saturated carbocycles. The van der Waals surface area contributed by atoms with Gasteiger partial charge in [0.25, 0.3) is 0 Å². The number of likely N-dealkylation sites (N-methyl/N-ethyl adjacent to an activating group) is 1. The Morgan fingerprint density at radius 1 is 0.723 bits per heavy atom. The molecule has 0 aromatic heterocycles. The molecule has 3 N–H and O–H groups in total. The maximum absolute atomic E-state index is 11.4. The number of allylic oxidation sites excluding steroid dienone is 5. The van der Waals surface area contributed by atoms with Crippen LogP contribution in [0.25, 0.3) is 21.5 Å². The van der Waals surface area contributed by atoms with Crippen LogP contribution >= 0.6 is 0 Å². The fraction of sp³-hybridized carbons (Fsp3) is 0.345. The number of fused-ring (bicyclic) bond motifs is 6. The lowest BCUT2D eigenvalue weighted by atomic mass is 9.79. The van der Waals surface area contributed by atoms with Crippen molar-refractivity contribution in [2.75, 3.05) is 50.5 Å². The van der Waals surface area contributed by atoms with Gasteiger partial charge >= 0.3 is 5.97 Å². The number of anilines is 2. The van der Waals surface area contributed by atoms with Gasteiger partial charge in [0.05, 0.1) is 31.0 Å². The molecule has 0 aliphatic carbocycles. The van der Waals surface area contributed by atoms with Gasteiger partial charge in [-0.3, -0.25) is 4.79 Å². The average Bonchev–Trinajstić information content (AvgIpc) is 3.63. The molecule has 0 bridgehead atoms. The Kier molecular flexibility index (Phi) is 13.1. The van der Waals surface area contributed by atoms with Crippen LogP contribution in [0.5, 0.6) is 0 Å². The largest absolute Gasteiger partial charge is 0.513 e. The summed E-state index contributed by atoms with van der Waals surface area (Å²) in [5.41, 5.74) is 12.0. The molecule has 0 radical (unpaired) electrons. The number of carboxylic acid groups (broad SMARTS) is 1. The zero-order chi connectivity index (χ0) is 45.9. The van der Waals surface area contributed by atoms with Gasteiger partial charge in [0.1, 0.15) is 19.6 Å². The van der Waals surface area contributed by atoms with E-state index in [4.69, 9.17) is 0 Å². The van der Waals surface area contributed by atoms with Gasteiger partial charge in [0.15, 0.2) is 5.71 Å². The van der Waals surface area contributed by atoms with Crippen molar-refractivity contribution in [3.63, 3.8) is 0 Å². The van der Waals surface area contributed by atoms with Crippen LogP contribution in [0.15, 0.2) is 162 Å². The monoisotopic (exact) mass is 869 g/mol. The molecule has 5 aromatic rings. The molecular formula is C58H68N4O3+2. The fourth-order valence-corrected chi connectivity index (χ4v) is 10.9. The predicted octanol–water partition coefficient (Wildman–Crippen LogP) is 13.3. The lowest BCUT2D eigenvalue weighted by molar-refractivity contribution is -0.881. The lowest BCUT2D eigenvalue weighted by Gasteiger charge is -2.37. The molecule has 0 atom stereocenters. The highest BCUT2D eigenvalue weighted by Gasteiger charge is 2.46. The molecule has 0 spiro atoms. The molecule has 0 amide bonds. The topological polar surface area (TPSA) is 75.8 Å². The number of carbonyl (C=O) groups is 1. The highest BCUT2D eigenvalue weighted by molar-refractivity contribution is 6.08. The quantitative estimate of drug-likeness (QED) is 0.0376. The third-order valence-electron chi connectivity index (χ3n) is 13.9. The first-order chi connectivity index (χ1) is 31.2. The zero-order valence-electron chi connectivity index (χ0n) is 39.5. The minimum atomic E-state index is -0.730. The summed E-state index contributed by atoms with van der Waals surface area (Å²) < 4.78 is 3.31. The molecule has 0 saturated heterocycles. The molecule has 336 valence electrons. The zero-order valence-corrected chi connectivity index (χ0v) is 39.5. The van der Waals surface area contributed by atoms with Crippen LogP contribution in [0.1, 0.15) is 90.2 Å². The summed E-state index contributed by atoms with van der Waals surface area (Å²) >= 11 is 0. The first-order valence-corrected chi connectivity index (χ1v) is 23.7. The minimum absolute atomic E-state index is 0.205. The van der Waals surface area contributed by atoms with Gasteiger partial charge in [-0.1, -0.05) is 99.6 Å². The van der Waals surface area contributed by atoms with E-state index in [2.05, 4.69) is 191 Å². The van der Waals surface area contributed by atoms with Gasteiger partial charge in [-0.2, -0.15) is 4.58 Å². The number of benzene rings is 5. The Bertz CT molecular complexity index is 2780. The maximum Gasteiger partial charge on any atom is 0.303 e. The number of aliphatic hydroxyl groups excluding tert-OH is 1. The predicted molar refractivity (Wildman–Crippen MR) is 272 cm³/mol. The molecule has 3 aliphatic heterocycles. The van der Waals surface area contributed by atoms with Gasteiger partial charge < -0.3 is 24.9 Å². The van der Waals surface area contributed by atoms with Gasteiger partial charge in [-0.05, 0) is 109 Å². The number of aliphatic hydroxyl groups is 1. The second kappa shape index (κ2) is 18.7. The van der Waals surface area contributed by atoms with E-state index in [-0.39, 0.29) is 23.0 Å². The number of nitrogens with zero attached hydrogens (tertiary/aromatic N) is 3. The van der Waals surface area contributed by atoms with Crippen LogP contribution < -0.4 is 10.2 Å². The Hall–Kier alpha value is -6.18. The fourth-order valence-electron chi connectivity index (χ4n) is 10.9. The minimum Gasteiger partial charge on any atom is -0.513 e. The molecule has 8 rings (SSSR count). The van der Waals surface area contributed by atoms with E-state index in [0.29, 0.717) is 12.8 Å². The van der Waals surface area contributed by atoms with Crippen molar-refractivity contribution < 1.29 is 24.1 Å². The van der Waals surface area contributed by atoms with E-state index in [1.807, 2.05) is 0 Å². The number of carboxylic acids is 1. The van der Waals surface area contributed by atoms with Crippen molar-refractivity contribution in [1.29, 1.82) is 0 Å². The van der Waals surface area contributed by atoms with E-state index >= 15 is 0 Å². The summed E-state index contributed by atoms with van der Waals surface area (Å²) in [4.78, 5) is 13.9. The van der Waals surface area contributed by atoms with Gasteiger partial charge in [-0.25, -0.2) is 0 Å². The summed E-state index contributed by atoms with van der Waals surface area (Å²) in [6.07, 6.45) is 15.8. The number of hydrogen-bond donors (Lipinski definition) is 3. The number of para-hydroxylation sites is 1. The van der Waals surface area contributed by atoms with Crippen molar-refractivity contribution in [3.8, 4) is 0 Å². The van der Waals surface area contributed by atoms with Crippen molar-refractivity contribution in [3.05, 3.63) is 173 Å². The maximum atomic E-state index is 11.4. The summed E-state index contributed by atoms with van der Waals surface area (Å²) in [5, 5.41) is 28.1. The third kappa shape index (κ3) is 9.48. The molecular weight excluding hydrogens is 801 g/mol. The van der Waals surface area contributed by atoms with E-state index < -0.39 is 5.97 Å². The number of aliphatic carboxylic acids is 1. The normalized spacial score (nSPS) is 18.6. The van der Waals surface area contributed by atoms with E-state index in [0.717, 1.165) is 74.2 Å². The second-order valence-electron chi connectivity index (χ2n) is 20.1. The number of nitrogens with one attached hydrogen (secondary N) is 1. The molecule has 0 unspecified atom stereocenters. The molecule has 0 fully saturated rings. The summed E-state index contributed by atoms with van der Waals surface area (Å²) in [6.45, 7) is 16.6. The highest BCUT2D eigenvalue weighted by atomic mass is 16.4. The van der Waals surface area contributed by atoms with Gasteiger partial charge in [0.2, 0.25) is 5.69 Å². The lowest BCUT2D eigenvalue weighted by Crippen LogP contribution is -2.46. The van der Waals surface area contributed by atoms with Gasteiger partial charge in [-0.15, -0.1) is 0 Å². The number of quaternary nitrogens is 1. The van der Waals surface area contributed by atoms with Crippen LogP contribution in [-0.4, -0.2) is 71.2 Å². The van der Waals surface area contributed by atoms with Crippen molar-refractivity contribution in [2.45, 2.75) is 89.9 Å². The molecule has 65 heavy (non-hydrogen) atoms. The molecule has 3 aliphatic rings. The van der Waals surface area contributed by atoms with Crippen molar-refractivity contribution in [1.82, 2.24) is 0 Å². The van der Waals surface area contributed by atoms with Crippen LogP contribution in [0.2, 0.25) is 0 Å². The standard InChI is InChI=1S/C58H66N4O3/c1-41(63)21-11-9-19-37-60-49-33-29-42-22-15-17-26-47(42)54(49)57(2,3)51(60)35-31-44-39-62(6,7)40-45(56(44)59-46-24-12-8-13-25-46)32-36-52-58(4,5)55-48-27-18-16-23-43(48)30-34-50(55)61(52)38-20-10-14-28-53(64)65/h8,12-13,15-18,22-27,29-36H,1,9-11,14,19-21,28,37-40H2,2-7H3,(H-,63,64,65)/p+2/b44-31+,51-35+. The van der Waals surface area contributed by atoms with E-state index in [1.165, 1.54) is 66.6 Å². The SMILES string of the molecule is C=C(O)CCCCCN1/C(=C/C=C2\C[N+](C)(C)CC(/C=C/C3=[N+](CCCCCC(=O)O)c4ccc5ccccc5c4C3(C)C)=C2Nc2ccccc2)C(C)(C)c2c1ccc1ccccc21. The Morgan fingerprint density at radius 3 is 2.08 bits per heavy atom. The van der Waals surface area contributed by atoms with Crippen LogP contribution in [0.3, 0.4) is 0 Å². The van der Waals surface area contributed by atoms with Crippen LogP contribution in [0, 0.1) is 0 Å². The molecule has 7 heteroatoms. The highest BCUT2D eigenvalue weighted by Crippen LogP contribution is 2.51. The molecule has 5 aromatic carbocycles. The molecule has 3 heterocycles. The Labute approximate surface area is 386 Å². The summed E-state index contributed by atoms with van der Waals surface area (Å²) in [6, 6.07) is 37.2. The van der Waals surface area contributed by atoms with Crippen molar-refractivity contribution in [2.24, 2.45) is 0 Å². The smallest absolute Gasteiger partial charge is 0.303 e. The summed E-state index contributed by atoms with van der Waals surface area (Å²) in [5.74, 6) is -0.467. The Morgan fingerprint density at radius 2 is 1.37 bits per heavy atom. The van der Waals surface area contributed by atoms with Crippen molar-refractivity contribution >= 4 is 50.3 Å². The summed E-state index contributed by atoms with van der Waals surface area (Å²) in [7, 11) is 4.67. The third-order valence-corrected chi connectivity index (χ3v) is 13.9. The molecule has 7 nitrogen and oxygen atoms in total. The second-order valence-corrected chi connectivity index (χ2v) is 20.1. The number of unbranched alkanes of at least 4 members (excludes halogenated alkanes) is 4. The number of hydrogen-bond acceptors (Lipinski definition) is 4. The first-order valence-electron chi connectivity index (χ1n) is 23.7. The van der Waals surface area contributed by atoms with Crippen LogP contribution in [-0.2, 0) is 15.6 Å². The van der Waals surface area contributed by atoms with Crippen LogP contribution in [0.4, 0.5) is 17.1 Å². The number of rotatable bonds is 17. The first kappa shape index (κ1) is 45.4. The Balaban J connectivity index is 1.23. The van der Waals surface area contributed by atoms with E-state index in [9.17, 15) is 15.0 Å². The van der Waals surface area contributed by atoms with Gasteiger partial charge in [0, 0.05) is 77.1 Å². The average molecular weight is 869 g/mol.